The van der Waals surface area contributed by atoms with Crippen LogP contribution in [0.1, 0.15) is 32.6 Å². The Balaban J connectivity index is 0.00000256. The number of halogens is 1. The molecule has 1 aliphatic carbocycles. The first-order chi connectivity index (χ1) is 7.65. The van der Waals surface area contributed by atoms with Gasteiger partial charge in [-0.25, -0.2) is 0 Å². The highest BCUT2D eigenvalue weighted by Gasteiger charge is 2.21. The topological polar surface area (TPSA) is 55.6 Å². The lowest BCUT2D eigenvalue weighted by Crippen LogP contribution is -2.42. The van der Waals surface area contributed by atoms with Gasteiger partial charge in [0.05, 0.1) is 12.6 Å². The number of hydrogen-bond donors (Lipinski definition) is 1. The molecule has 0 aliphatic heterocycles. The molecule has 1 saturated carbocycles. The number of hydrogen-bond acceptors (Lipinski definition) is 3. The maximum atomic E-state index is 11.7. The Morgan fingerprint density at radius 2 is 2.18 bits per heavy atom. The minimum Gasteiger partial charge on any atom is -0.379 e. The summed E-state index contributed by atoms with van der Waals surface area (Å²) in [6.07, 6.45) is 4.30. The highest BCUT2D eigenvalue weighted by atomic mass is 35.5. The van der Waals surface area contributed by atoms with E-state index in [0.29, 0.717) is 13.2 Å². The molecule has 0 heterocycles. The summed E-state index contributed by atoms with van der Waals surface area (Å²) in [6.45, 7) is 4.15. The molecule has 0 bridgehead atoms. The van der Waals surface area contributed by atoms with Gasteiger partial charge in [0.25, 0.3) is 0 Å². The predicted molar refractivity (Wildman–Crippen MR) is 71.3 cm³/mol. The van der Waals surface area contributed by atoms with Crippen molar-refractivity contribution in [2.45, 2.75) is 38.6 Å². The number of carbonyl (C=O) groups excluding carboxylic acids is 1. The average Bonchev–Trinajstić information content (AvgIpc) is 3.07. The van der Waals surface area contributed by atoms with Gasteiger partial charge < -0.3 is 15.4 Å². The van der Waals surface area contributed by atoms with Crippen molar-refractivity contribution in [2.24, 2.45) is 11.7 Å². The van der Waals surface area contributed by atoms with Crippen LogP contribution in [0, 0.1) is 5.92 Å². The summed E-state index contributed by atoms with van der Waals surface area (Å²) in [5.41, 5.74) is 5.76. The van der Waals surface area contributed by atoms with Crippen LogP contribution < -0.4 is 5.73 Å². The molecular weight excluding hydrogens is 240 g/mol. The van der Waals surface area contributed by atoms with Crippen molar-refractivity contribution in [1.82, 2.24) is 4.90 Å². The Labute approximate surface area is 110 Å². The van der Waals surface area contributed by atoms with E-state index in [-0.39, 0.29) is 24.4 Å². The monoisotopic (exact) mass is 264 g/mol. The van der Waals surface area contributed by atoms with Gasteiger partial charge in [-0.05, 0) is 25.2 Å². The number of ether oxygens (including phenoxy) is 1. The molecule has 1 atom stereocenters. The fourth-order valence-electron chi connectivity index (χ4n) is 1.56. The summed E-state index contributed by atoms with van der Waals surface area (Å²) in [6, 6.07) is -0.349. The smallest absolute Gasteiger partial charge is 0.239 e. The van der Waals surface area contributed by atoms with E-state index in [4.69, 9.17) is 10.5 Å². The summed E-state index contributed by atoms with van der Waals surface area (Å²) in [5, 5.41) is 0. The Morgan fingerprint density at radius 3 is 2.71 bits per heavy atom. The molecular formula is C12H25ClN2O2. The Hall–Kier alpha value is -0.320. The Kier molecular flexibility index (Phi) is 8.56. The number of amides is 1. The predicted octanol–water partition coefficient (Wildman–Crippen LogP) is 1.42. The number of likely N-dealkylation sites (N-methyl/N-ethyl adjacent to an activating group) is 1. The fraction of sp³-hybridized carbons (Fsp3) is 0.917. The van der Waals surface area contributed by atoms with Crippen LogP contribution in [0.2, 0.25) is 0 Å². The van der Waals surface area contributed by atoms with E-state index in [9.17, 15) is 4.79 Å². The molecule has 1 amide bonds. The number of nitrogens with zero attached hydrogens (tertiary/aromatic N) is 1. The van der Waals surface area contributed by atoms with E-state index in [1.807, 2.05) is 6.92 Å². The largest absolute Gasteiger partial charge is 0.379 e. The van der Waals surface area contributed by atoms with Gasteiger partial charge in [0, 0.05) is 20.2 Å². The minimum absolute atomic E-state index is 0. The molecule has 0 aromatic rings. The summed E-state index contributed by atoms with van der Waals surface area (Å²) in [4.78, 5) is 13.4. The molecule has 5 heteroatoms. The molecule has 0 aromatic heterocycles. The third-order valence-electron chi connectivity index (χ3n) is 2.91. The first kappa shape index (κ1) is 16.7. The summed E-state index contributed by atoms with van der Waals surface area (Å²) < 4.78 is 5.48. The quantitative estimate of drug-likeness (QED) is 0.675. The number of nitrogens with two attached hydrogens (primary N) is 1. The van der Waals surface area contributed by atoms with Crippen LogP contribution in [0.5, 0.6) is 0 Å². The molecule has 0 radical (unpaired) electrons. The zero-order valence-corrected chi connectivity index (χ0v) is 11.7. The lowest BCUT2D eigenvalue weighted by molar-refractivity contribution is -0.132. The second-order valence-electron chi connectivity index (χ2n) is 4.67. The molecule has 1 rings (SSSR count). The molecule has 102 valence electrons. The molecule has 0 spiro atoms. The second kappa shape index (κ2) is 8.72. The summed E-state index contributed by atoms with van der Waals surface area (Å²) in [5.74, 6) is 0.806. The van der Waals surface area contributed by atoms with Gasteiger partial charge in [-0.2, -0.15) is 0 Å². The average molecular weight is 265 g/mol. The van der Waals surface area contributed by atoms with Crippen LogP contribution in [0.25, 0.3) is 0 Å². The van der Waals surface area contributed by atoms with Gasteiger partial charge in [0.2, 0.25) is 5.91 Å². The SMILES string of the molecule is CCCC(N)C(=O)N(C)CCOCC1CC1.Cl. The van der Waals surface area contributed by atoms with Crippen molar-refractivity contribution < 1.29 is 9.53 Å². The lowest BCUT2D eigenvalue weighted by Gasteiger charge is -2.20. The first-order valence-electron chi connectivity index (χ1n) is 6.23. The van der Waals surface area contributed by atoms with Gasteiger partial charge in [-0.3, -0.25) is 4.79 Å². The van der Waals surface area contributed by atoms with E-state index in [0.717, 1.165) is 25.4 Å². The second-order valence-corrected chi connectivity index (χ2v) is 4.67. The van der Waals surface area contributed by atoms with E-state index < -0.39 is 0 Å². The Morgan fingerprint density at radius 1 is 1.53 bits per heavy atom. The molecule has 4 nitrogen and oxygen atoms in total. The third-order valence-corrected chi connectivity index (χ3v) is 2.91. The molecule has 1 fully saturated rings. The third kappa shape index (κ3) is 6.86. The van der Waals surface area contributed by atoms with Gasteiger partial charge >= 0.3 is 0 Å². The van der Waals surface area contributed by atoms with Crippen LogP contribution in [-0.2, 0) is 9.53 Å². The van der Waals surface area contributed by atoms with Crippen molar-refractivity contribution in [3.63, 3.8) is 0 Å². The first-order valence-corrected chi connectivity index (χ1v) is 6.23. The molecule has 1 aliphatic rings. The van der Waals surface area contributed by atoms with Gasteiger partial charge in [-0.15, -0.1) is 12.4 Å². The molecule has 2 N–H and O–H groups in total. The van der Waals surface area contributed by atoms with Gasteiger partial charge in [0.1, 0.15) is 0 Å². The summed E-state index contributed by atoms with van der Waals surface area (Å²) in [7, 11) is 1.79. The normalized spacial score (nSPS) is 16.2. The highest BCUT2D eigenvalue weighted by Crippen LogP contribution is 2.28. The van der Waals surface area contributed by atoms with Crippen molar-refractivity contribution in [3.05, 3.63) is 0 Å². The lowest BCUT2D eigenvalue weighted by atomic mass is 10.1. The van der Waals surface area contributed by atoms with Crippen LogP contribution in [0.15, 0.2) is 0 Å². The fourth-order valence-corrected chi connectivity index (χ4v) is 1.56. The highest BCUT2D eigenvalue weighted by molar-refractivity contribution is 5.85. The van der Waals surface area contributed by atoms with Gasteiger partial charge in [0.15, 0.2) is 0 Å². The maximum Gasteiger partial charge on any atom is 0.239 e. The van der Waals surface area contributed by atoms with Gasteiger partial charge in [-0.1, -0.05) is 13.3 Å². The summed E-state index contributed by atoms with van der Waals surface area (Å²) >= 11 is 0. The van der Waals surface area contributed by atoms with E-state index >= 15 is 0 Å². The zero-order chi connectivity index (χ0) is 12.0. The van der Waals surface area contributed by atoms with Crippen LogP contribution >= 0.6 is 12.4 Å². The standard InChI is InChI=1S/C12H24N2O2.ClH/c1-3-4-11(13)12(15)14(2)7-8-16-9-10-5-6-10;/h10-11H,3-9,13H2,1-2H3;1H. The van der Waals surface area contributed by atoms with E-state index in [2.05, 4.69) is 0 Å². The molecule has 0 saturated heterocycles. The van der Waals surface area contributed by atoms with Crippen molar-refractivity contribution in [3.8, 4) is 0 Å². The molecule has 17 heavy (non-hydrogen) atoms. The van der Waals surface area contributed by atoms with E-state index in [1.165, 1.54) is 12.8 Å². The number of rotatable bonds is 8. The maximum absolute atomic E-state index is 11.7. The van der Waals surface area contributed by atoms with Crippen molar-refractivity contribution in [2.75, 3.05) is 26.8 Å². The minimum atomic E-state index is -0.349. The Bertz CT molecular complexity index is 223. The van der Waals surface area contributed by atoms with E-state index in [1.54, 1.807) is 11.9 Å². The zero-order valence-electron chi connectivity index (χ0n) is 10.9. The number of carbonyl (C=O) groups is 1. The van der Waals surface area contributed by atoms with Crippen molar-refractivity contribution >= 4 is 18.3 Å². The van der Waals surface area contributed by atoms with Crippen LogP contribution in [-0.4, -0.2) is 43.7 Å². The van der Waals surface area contributed by atoms with Crippen LogP contribution in [0.4, 0.5) is 0 Å². The van der Waals surface area contributed by atoms with Crippen LogP contribution in [0.3, 0.4) is 0 Å². The molecule has 1 unspecified atom stereocenters. The van der Waals surface area contributed by atoms with Crippen molar-refractivity contribution in [1.29, 1.82) is 0 Å². The molecule has 0 aromatic carbocycles.